The lowest BCUT2D eigenvalue weighted by atomic mass is 10.0. The first-order valence-electron chi connectivity index (χ1n) is 3.52. The van der Waals surface area contributed by atoms with Crippen molar-refractivity contribution in [2.45, 2.75) is 30.3 Å². The van der Waals surface area contributed by atoms with Crippen LogP contribution in [0.5, 0.6) is 0 Å². The molecule has 11 heavy (non-hydrogen) atoms. The molecule has 0 fully saturated rings. The van der Waals surface area contributed by atoms with Gasteiger partial charge in [-0.1, -0.05) is 22.6 Å². The van der Waals surface area contributed by atoms with Crippen LogP contribution in [0.15, 0.2) is 11.6 Å². The molecular weight excluding hydrogens is 255 g/mol. The van der Waals surface area contributed by atoms with Crippen LogP contribution in [0.2, 0.25) is 0 Å². The Balaban J connectivity index is 2.88. The Morgan fingerprint density at radius 2 is 2.27 bits per heavy atom. The Kier molecular flexibility index (Phi) is 2.27. The zero-order valence-corrected chi connectivity index (χ0v) is 9.01. The molecule has 1 rings (SSSR count). The van der Waals surface area contributed by atoms with Crippen LogP contribution in [0.3, 0.4) is 0 Å². The van der Waals surface area contributed by atoms with Gasteiger partial charge in [0.15, 0.2) is 0 Å². The molecule has 0 aromatic rings. The monoisotopic (exact) mass is 266 g/mol. The lowest BCUT2D eigenvalue weighted by Crippen LogP contribution is -2.32. The van der Waals surface area contributed by atoms with Gasteiger partial charge in [-0.05, 0) is 26.8 Å². The highest BCUT2D eigenvalue weighted by Gasteiger charge is 2.37. The minimum Gasteiger partial charge on any atom is -0.451 e. The van der Waals surface area contributed by atoms with Crippen molar-refractivity contribution in [1.29, 1.82) is 0 Å². The Morgan fingerprint density at radius 3 is 2.45 bits per heavy atom. The molecule has 0 radical (unpaired) electrons. The third-order valence-corrected chi connectivity index (χ3v) is 3.16. The normalized spacial score (nSPS) is 33.1. The van der Waals surface area contributed by atoms with E-state index in [1.165, 1.54) is 0 Å². The van der Waals surface area contributed by atoms with Crippen LogP contribution in [-0.2, 0) is 9.53 Å². The molecular formula is C8H11IO2. The van der Waals surface area contributed by atoms with Crippen LogP contribution < -0.4 is 0 Å². The van der Waals surface area contributed by atoms with Gasteiger partial charge >= 0.3 is 5.97 Å². The van der Waals surface area contributed by atoms with Gasteiger partial charge in [0, 0.05) is 5.57 Å². The standard InChI is InChI=1S/C8H11IO2/c1-5-4-8(3,6(2)9)11-7(5)10/h4,6H,1-3H3/t6?,8-/m1/s1. The fourth-order valence-corrected chi connectivity index (χ4v) is 1.30. The average Bonchev–Trinajstić information content (AvgIpc) is 2.09. The van der Waals surface area contributed by atoms with Gasteiger partial charge in [0.05, 0.1) is 3.92 Å². The van der Waals surface area contributed by atoms with E-state index in [0.29, 0.717) is 3.92 Å². The third kappa shape index (κ3) is 1.58. The third-order valence-electron chi connectivity index (χ3n) is 1.93. The van der Waals surface area contributed by atoms with Crippen molar-refractivity contribution in [3.8, 4) is 0 Å². The number of esters is 1. The Hall–Kier alpha value is -0.0600. The van der Waals surface area contributed by atoms with Crippen LogP contribution in [0.4, 0.5) is 0 Å². The molecule has 0 aliphatic carbocycles. The largest absolute Gasteiger partial charge is 0.451 e. The fourth-order valence-electron chi connectivity index (χ4n) is 0.995. The van der Waals surface area contributed by atoms with E-state index in [1.54, 1.807) is 6.92 Å². The van der Waals surface area contributed by atoms with Crippen molar-refractivity contribution >= 4 is 28.6 Å². The van der Waals surface area contributed by atoms with E-state index in [1.807, 2.05) is 19.9 Å². The molecule has 2 atom stereocenters. The molecule has 1 aliphatic heterocycles. The number of halogens is 1. The van der Waals surface area contributed by atoms with Crippen molar-refractivity contribution in [1.82, 2.24) is 0 Å². The van der Waals surface area contributed by atoms with E-state index in [4.69, 9.17) is 4.74 Å². The lowest BCUT2D eigenvalue weighted by molar-refractivity contribution is -0.144. The topological polar surface area (TPSA) is 26.3 Å². The first-order valence-corrected chi connectivity index (χ1v) is 4.77. The molecule has 1 unspecified atom stereocenters. The molecule has 1 heterocycles. The number of rotatable bonds is 1. The molecule has 0 saturated heterocycles. The summed E-state index contributed by atoms with van der Waals surface area (Å²) in [7, 11) is 0. The van der Waals surface area contributed by atoms with Gasteiger partial charge in [-0.15, -0.1) is 0 Å². The summed E-state index contributed by atoms with van der Waals surface area (Å²) in [6, 6.07) is 0. The highest BCUT2D eigenvalue weighted by atomic mass is 127. The second-order valence-electron chi connectivity index (χ2n) is 3.02. The molecule has 3 heteroatoms. The van der Waals surface area contributed by atoms with E-state index >= 15 is 0 Å². The number of carbonyl (C=O) groups excluding carboxylic acids is 1. The van der Waals surface area contributed by atoms with Crippen molar-refractivity contribution in [3.05, 3.63) is 11.6 Å². The molecule has 1 aliphatic rings. The SMILES string of the molecule is CC1=C[C@](C)(C(C)I)OC1=O. The van der Waals surface area contributed by atoms with Crippen molar-refractivity contribution in [3.63, 3.8) is 0 Å². The summed E-state index contributed by atoms with van der Waals surface area (Å²) < 4.78 is 5.49. The number of hydrogen-bond donors (Lipinski definition) is 0. The predicted molar refractivity (Wildman–Crippen MR) is 51.7 cm³/mol. The highest BCUT2D eigenvalue weighted by Crippen LogP contribution is 2.31. The van der Waals surface area contributed by atoms with E-state index in [9.17, 15) is 4.79 Å². The van der Waals surface area contributed by atoms with E-state index in [2.05, 4.69) is 22.6 Å². The number of alkyl halides is 1. The molecule has 62 valence electrons. The van der Waals surface area contributed by atoms with E-state index in [-0.39, 0.29) is 11.6 Å². The summed E-state index contributed by atoms with van der Waals surface area (Å²) >= 11 is 2.26. The summed E-state index contributed by atoms with van der Waals surface area (Å²) in [6.07, 6.45) is 1.90. The molecule has 0 N–H and O–H groups in total. The lowest BCUT2D eigenvalue weighted by Gasteiger charge is -2.23. The molecule has 0 amide bonds. The zero-order valence-electron chi connectivity index (χ0n) is 6.85. The van der Waals surface area contributed by atoms with E-state index < -0.39 is 0 Å². The molecule has 0 spiro atoms. The van der Waals surface area contributed by atoms with Crippen LogP contribution >= 0.6 is 22.6 Å². The number of carbonyl (C=O) groups is 1. The van der Waals surface area contributed by atoms with Gasteiger partial charge in [-0.25, -0.2) is 4.79 Å². The summed E-state index contributed by atoms with van der Waals surface area (Å²) in [4.78, 5) is 11.0. The van der Waals surface area contributed by atoms with Gasteiger partial charge in [0.25, 0.3) is 0 Å². The number of ether oxygens (including phenoxy) is 1. The van der Waals surface area contributed by atoms with Crippen LogP contribution in [-0.4, -0.2) is 15.5 Å². The fraction of sp³-hybridized carbons (Fsp3) is 0.625. The van der Waals surface area contributed by atoms with Gasteiger partial charge in [0.1, 0.15) is 5.60 Å². The maximum Gasteiger partial charge on any atom is 0.334 e. The molecule has 0 aromatic heterocycles. The van der Waals surface area contributed by atoms with E-state index in [0.717, 1.165) is 5.57 Å². The molecule has 2 nitrogen and oxygen atoms in total. The smallest absolute Gasteiger partial charge is 0.334 e. The minimum atomic E-state index is -0.387. The molecule has 0 saturated carbocycles. The van der Waals surface area contributed by atoms with Gasteiger partial charge < -0.3 is 4.74 Å². The summed E-state index contributed by atoms with van der Waals surface area (Å²) in [5.41, 5.74) is 0.331. The summed E-state index contributed by atoms with van der Waals surface area (Å²) in [5, 5.41) is 0. The Labute approximate surface area is 80.1 Å². The second kappa shape index (κ2) is 2.77. The minimum absolute atomic E-state index is 0.184. The first-order chi connectivity index (χ1) is 4.96. The molecule has 0 bridgehead atoms. The quantitative estimate of drug-likeness (QED) is 0.412. The summed E-state index contributed by atoms with van der Waals surface area (Å²) in [5.74, 6) is -0.184. The summed E-state index contributed by atoms with van der Waals surface area (Å²) in [6.45, 7) is 5.74. The second-order valence-corrected chi connectivity index (χ2v) is 4.89. The Morgan fingerprint density at radius 1 is 1.73 bits per heavy atom. The maximum atomic E-state index is 11.0. The van der Waals surface area contributed by atoms with Crippen molar-refractivity contribution in [2.75, 3.05) is 0 Å². The Bertz CT molecular complexity index is 220. The predicted octanol–water partition coefficient (Wildman–Crippen LogP) is 2.07. The van der Waals surface area contributed by atoms with Crippen LogP contribution in [0, 0.1) is 0 Å². The number of hydrogen-bond acceptors (Lipinski definition) is 2. The van der Waals surface area contributed by atoms with Crippen molar-refractivity contribution in [2.24, 2.45) is 0 Å². The van der Waals surface area contributed by atoms with Crippen LogP contribution in [0.25, 0.3) is 0 Å². The van der Waals surface area contributed by atoms with Gasteiger partial charge in [-0.2, -0.15) is 0 Å². The van der Waals surface area contributed by atoms with Gasteiger partial charge in [0.2, 0.25) is 0 Å². The molecule has 0 aromatic carbocycles. The average molecular weight is 266 g/mol. The number of cyclic esters (lactones) is 1. The highest BCUT2D eigenvalue weighted by molar-refractivity contribution is 14.1. The van der Waals surface area contributed by atoms with Crippen molar-refractivity contribution < 1.29 is 9.53 Å². The maximum absolute atomic E-state index is 11.0. The first kappa shape index (κ1) is 9.03. The van der Waals surface area contributed by atoms with Gasteiger partial charge in [-0.3, -0.25) is 0 Å². The zero-order chi connectivity index (χ0) is 8.65. The van der Waals surface area contributed by atoms with Crippen LogP contribution in [0.1, 0.15) is 20.8 Å².